The number of rotatable bonds is 5. The summed E-state index contributed by atoms with van der Waals surface area (Å²) in [5, 5.41) is 8.27. The maximum atomic E-state index is 12.6. The SMILES string of the molecule is CC(=O)Oc1ccc(C(=O)NNC(=O)c2cccc(-c3nnc(-c4ccc(C(C)(C)C)cc4)o3)c2)cc1. The van der Waals surface area contributed by atoms with E-state index >= 15 is 0 Å². The van der Waals surface area contributed by atoms with Gasteiger partial charge in [0.05, 0.1) is 0 Å². The van der Waals surface area contributed by atoms with Crippen molar-refractivity contribution in [2.24, 2.45) is 0 Å². The van der Waals surface area contributed by atoms with Gasteiger partial charge in [-0.3, -0.25) is 25.2 Å². The molecule has 0 unspecified atom stereocenters. The number of aromatic nitrogens is 2. The van der Waals surface area contributed by atoms with Crippen LogP contribution in [0.2, 0.25) is 0 Å². The highest BCUT2D eigenvalue weighted by atomic mass is 16.5. The van der Waals surface area contributed by atoms with Gasteiger partial charge in [0.1, 0.15) is 5.75 Å². The first-order valence-corrected chi connectivity index (χ1v) is 11.5. The number of carbonyl (C=O) groups excluding carboxylic acids is 3. The highest BCUT2D eigenvalue weighted by Gasteiger charge is 2.16. The topological polar surface area (TPSA) is 123 Å². The molecular weight excluding hydrogens is 472 g/mol. The average molecular weight is 499 g/mol. The van der Waals surface area contributed by atoms with E-state index in [-0.39, 0.29) is 22.4 Å². The van der Waals surface area contributed by atoms with Crippen LogP contribution in [0.4, 0.5) is 0 Å². The van der Waals surface area contributed by atoms with Crippen LogP contribution in [0.15, 0.2) is 77.2 Å². The Morgan fingerprint density at radius 1 is 0.757 bits per heavy atom. The van der Waals surface area contributed by atoms with Crippen molar-refractivity contribution in [1.82, 2.24) is 21.0 Å². The molecule has 37 heavy (non-hydrogen) atoms. The molecular formula is C28H26N4O5. The molecule has 3 aromatic carbocycles. The molecule has 0 aliphatic heterocycles. The lowest BCUT2D eigenvalue weighted by Gasteiger charge is -2.18. The predicted octanol–water partition coefficient (Wildman–Crippen LogP) is 4.70. The van der Waals surface area contributed by atoms with Gasteiger partial charge in [-0.15, -0.1) is 10.2 Å². The second kappa shape index (κ2) is 10.4. The Morgan fingerprint density at radius 2 is 1.35 bits per heavy atom. The van der Waals surface area contributed by atoms with E-state index in [9.17, 15) is 14.4 Å². The fourth-order valence-corrected chi connectivity index (χ4v) is 3.46. The number of hydrazine groups is 1. The zero-order chi connectivity index (χ0) is 26.6. The first kappa shape index (κ1) is 25.3. The van der Waals surface area contributed by atoms with Gasteiger partial charge >= 0.3 is 5.97 Å². The van der Waals surface area contributed by atoms with Crippen LogP contribution in [0, 0.1) is 0 Å². The fourth-order valence-electron chi connectivity index (χ4n) is 3.46. The van der Waals surface area contributed by atoms with Gasteiger partial charge in [0, 0.05) is 29.2 Å². The van der Waals surface area contributed by atoms with Crippen molar-refractivity contribution >= 4 is 17.8 Å². The van der Waals surface area contributed by atoms with E-state index in [1.807, 2.05) is 24.3 Å². The van der Waals surface area contributed by atoms with Crippen molar-refractivity contribution in [3.8, 4) is 28.7 Å². The summed E-state index contributed by atoms with van der Waals surface area (Å²) < 4.78 is 10.8. The van der Waals surface area contributed by atoms with Gasteiger partial charge in [-0.25, -0.2) is 0 Å². The van der Waals surface area contributed by atoms with Gasteiger partial charge in [-0.1, -0.05) is 39.0 Å². The molecule has 188 valence electrons. The maximum Gasteiger partial charge on any atom is 0.308 e. The molecule has 9 nitrogen and oxygen atoms in total. The second-order valence-electron chi connectivity index (χ2n) is 9.35. The summed E-state index contributed by atoms with van der Waals surface area (Å²) in [7, 11) is 0. The number of ether oxygens (including phenoxy) is 1. The molecule has 9 heteroatoms. The smallest absolute Gasteiger partial charge is 0.308 e. The van der Waals surface area contributed by atoms with Crippen LogP contribution in [0.3, 0.4) is 0 Å². The summed E-state index contributed by atoms with van der Waals surface area (Å²) >= 11 is 0. The van der Waals surface area contributed by atoms with E-state index in [1.165, 1.54) is 36.8 Å². The van der Waals surface area contributed by atoms with Crippen molar-refractivity contribution in [3.05, 3.63) is 89.5 Å². The van der Waals surface area contributed by atoms with E-state index in [4.69, 9.17) is 9.15 Å². The summed E-state index contributed by atoms with van der Waals surface area (Å²) in [5.74, 6) is -0.560. The molecule has 0 saturated carbocycles. The zero-order valence-electron chi connectivity index (χ0n) is 20.9. The summed E-state index contributed by atoms with van der Waals surface area (Å²) in [4.78, 5) is 36.0. The standard InChI is InChI=1S/C28H26N4O5/c1-17(33)36-23-14-10-18(11-15-23)24(34)29-30-25(35)20-6-5-7-21(16-20)27-32-31-26(37-27)19-8-12-22(13-9-19)28(2,3)4/h5-16H,1-4H3,(H,29,34)(H,30,35). The number of esters is 1. The Kier molecular flexibility index (Phi) is 7.15. The van der Waals surface area contributed by atoms with Crippen LogP contribution in [-0.4, -0.2) is 28.0 Å². The van der Waals surface area contributed by atoms with Gasteiger partial charge in [0.2, 0.25) is 11.8 Å². The van der Waals surface area contributed by atoms with E-state index in [0.29, 0.717) is 17.2 Å². The molecule has 0 atom stereocenters. The minimum atomic E-state index is -0.530. The minimum Gasteiger partial charge on any atom is -0.427 e. The minimum absolute atomic E-state index is 0.0366. The van der Waals surface area contributed by atoms with Gasteiger partial charge in [0.15, 0.2) is 0 Å². The van der Waals surface area contributed by atoms with Crippen molar-refractivity contribution in [2.45, 2.75) is 33.1 Å². The van der Waals surface area contributed by atoms with Crippen molar-refractivity contribution < 1.29 is 23.5 Å². The van der Waals surface area contributed by atoms with E-state index in [2.05, 4.69) is 41.8 Å². The third-order valence-electron chi connectivity index (χ3n) is 5.46. The fraction of sp³-hybridized carbons (Fsp3) is 0.179. The number of amides is 2. The first-order chi connectivity index (χ1) is 17.6. The van der Waals surface area contributed by atoms with Crippen molar-refractivity contribution in [1.29, 1.82) is 0 Å². The molecule has 0 bridgehead atoms. The molecule has 1 aromatic heterocycles. The Hall–Kier alpha value is -4.79. The molecule has 0 spiro atoms. The predicted molar refractivity (Wildman–Crippen MR) is 137 cm³/mol. The lowest BCUT2D eigenvalue weighted by atomic mass is 9.87. The molecule has 0 fully saturated rings. The van der Waals surface area contributed by atoms with Crippen molar-refractivity contribution in [3.63, 3.8) is 0 Å². The van der Waals surface area contributed by atoms with E-state index in [1.54, 1.807) is 24.3 Å². The molecule has 2 N–H and O–H groups in total. The Balaban J connectivity index is 1.41. The highest BCUT2D eigenvalue weighted by molar-refractivity contribution is 5.99. The van der Waals surface area contributed by atoms with Gasteiger partial charge in [-0.05, 0) is 65.6 Å². The summed E-state index contributed by atoms with van der Waals surface area (Å²) in [6, 6.07) is 20.5. The normalized spacial score (nSPS) is 11.0. The zero-order valence-corrected chi connectivity index (χ0v) is 20.9. The summed E-state index contributed by atoms with van der Waals surface area (Å²) in [6.45, 7) is 7.72. The lowest BCUT2D eigenvalue weighted by Crippen LogP contribution is -2.41. The largest absolute Gasteiger partial charge is 0.427 e. The second-order valence-corrected chi connectivity index (χ2v) is 9.35. The van der Waals surface area contributed by atoms with Gasteiger partial charge in [0.25, 0.3) is 11.8 Å². The third-order valence-corrected chi connectivity index (χ3v) is 5.46. The number of carbonyl (C=O) groups is 3. The third kappa shape index (κ3) is 6.26. The van der Waals surface area contributed by atoms with Crippen LogP contribution < -0.4 is 15.6 Å². The van der Waals surface area contributed by atoms with Crippen LogP contribution in [0.1, 0.15) is 54.0 Å². The molecule has 4 aromatic rings. The Morgan fingerprint density at radius 3 is 1.95 bits per heavy atom. The first-order valence-electron chi connectivity index (χ1n) is 11.5. The van der Waals surface area contributed by atoms with Crippen LogP contribution in [0.25, 0.3) is 22.9 Å². The molecule has 2 amide bonds. The molecule has 4 rings (SSSR count). The van der Waals surface area contributed by atoms with E-state index < -0.39 is 17.8 Å². The Bertz CT molecular complexity index is 1430. The summed E-state index contributed by atoms with van der Waals surface area (Å²) in [5.41, 5.74) is 7.89. The van der Waals surface area contributed by atoms with Gasteiger partial charge < -0.3 is 9.15 Å². The maximum absolute atomic E-state index is 12.6. The molecule has 0 aliphatic rings. The number of hydrogen-bond acceptors (Lipinski definition) is 7. The lowest BCUT2D eigenvalue weighted by molar-refractivity contribution is -0.131. The quantitative estimate of drug-likeness (QED) is 0.232. The van der Waals surface area contributed by atoms with Crippen LogP contribution >= 0.6 is 0 Å². The number of benzene rings is 3. The van der Waals surface area contributed by atoms with Crippen LogP contribution in [0.5, 0.6) is 5.75 Å². The molecule has 1 heterocycles. The monoisotopic (exact) mass is 498 g/mol. The summed E-state index contributed by atoms with van der Waals surface area (Å²) in [6.07, 6.45) is 0. The molecule has 0 radical (unpaired) electrons. The molecule has 0 saturated heterocycles. The highest BCUT2D eigenvalue weighted by Crippen LogP contribution is 2.28. The number of hydrogen-bond donors (Lipinski definition) is 2. The van der Waals surface area contributed by atoms with Gasteiger partial charge in [-0.2, -0.15) is 0 Å². The number of nitrogens with one attached hydrogen (secondary N) is 2. The molecule has 0 aliphatic carbocycles. The van der Waals surface area contributed by atoms with E-state index in [0.717, 1.165) is 5.56 Å². The number of nitrogens with zero attached hydrogens (tertiary/aromatic N) is 2. The van der Waals surface area contributed by atoms with Crippen LogP contribution in [-0.2, 0) is 10.2 Å². The average Bonchev–Trinajstić information content (AvgIpc) is 3.37. The van der Waals surface area contributed by atoms with Crippen molar-refractivity contribution in [2.75, 3.05) is 0 Å². The Labute approximate surface area is 213 Å².